The third kappa shape index (κ3) is 6.55. The van der Waals surface area contributed by atoms with Crippen LogP contribution in [0.3, 0.4) is 0 Å². The molecule has 0 bridgehead atoms. The van der Waals surface area contributed by atoms with Crippen LogP contribution in [-0.2, 0) is 10.8 Å². The second kappa shape index (κ2) is 13.3. The van der Waals surface area contributed by atoms with Crippen molar-refractivity contribution in [2.75, 3.05) is 4.90 Å². The number of hydrogen-bond donors (Lipinski definition) is 1. The van der Waals surface area contributed by atoms with Gasteiger partial charge in [-0.2, -0.15) is 0 Å². The zero-order valence-electron chi connectivity index (χ0n) is 30.9. The minimum Gasteiger partial charge on any atom is -0.507 e. The maximum absolute atomic E-state index is 12.0. The molecule has 0 spiro atoms. The molecule has 3 aromatic heterocycles. The van der Waals surface area contributed by atoms with Crippen molar-refractivity contribution in [3.63, 3.8) is 0 Å². The van der Waals surface area contributed by atoms with E-state index in [9.17, 15) is 5.11 Å². The Morgan fingerprint density at radius 3 is 1.98 bits per heavy atom. The van der Waals surface area contributed by atoms with Gasteiger partial charge in [0.05, 0.1) is 21.5 Å². The number of para-hydroxylation sites is 1. The summed E-state index contributed by atoms with van der Waals surface area (Å²) in [6, 6.07) is 46.1. The highest BCUT2D eigenvalue weighted by Gasteiger charge is 2.28. The first-order valence-corrected chi connectivity index (χ1v) is 18.8. The van der Waals surface area contributed by atoms with Crippen LogP contribution in [0.5, 0.6) is 5.75 Å². The van der Waals surface area contributed by atoms with E-state index in [4.69, 9.17) is 15.0 Å². The zero-order valence-corrected chi connectivity index (χ0v) is 31.7. The number of nitrogens with zero attached hydrogens (tertiary/aromatic N) is 4. The van der Waals surface area contributed by atoms with Gasteiger partial charge >= 0.3 is 0 Å². The molecule has 0 atom stereocenters. The Bertz CT molecular complexity index is 2550. The van der Waals surface area contributed by atoms with Gasteiger partial charge in [-0.25, -0.2) is 15.0 Å². The lowest BCUT2D eigenvalue weighted by molar-refractivity contribution is 0.446. The number of aromatic nitrogens is 3. The lowest BCUT2D eigenvalue weighted by Gasteiger charge is -2.27. The standard InChI is InChI=1S/C47H42N4OS/c1-46(2,3)33-28-37(43(52)38(29-33)47(4,5)6)45-49-41(44-42(50-45)36-21-13-14-22-39(36)53-44)32-25-31(30-17-9-7-10-18-30)26-35(27-32)51(34-19-11-8-12-20-34)40-23-15-16-24-48-40/h7-29,52H,1-6H3. The first-order chi connectivity index (χ1) is 25.5. The lowest BCUT2D eigenvalue weighted by Crippen LogP contribution is -2.17. The second-order valence-corrected chi connectivity index (χ2v) is 16.6. The first-order valence-electron chi connectivity index (χ1n) is 18.0. The quantitative estimate of drug-likeness (QED) is 0.186. The summed E-state index contributed by atoms with van der Waals surface area (Å²) in [5.74, 6) is 1.53. The summed E-state index contributed by atoms with van der Waals surface area (Å²) in [5, 5.41) is 13.1. The number of thiophene rings is 1. The molecule has 0 saturated heterocycles. The smallest absolute Gasteiger partial charge is 0.164 e. The third-order valence-corrected chi connectivity index (χ3v) is 10.9. The molecule has 0 unspecified atom stereocenters. The molecule has 5 aromatic carbocycles. The predicted octanol–water partition coefficient (Wildman–Crippen LogP) is 13.0. The molecule has 1 N–H and O–H groups in total. The van der Waals surface area contributed by atoms with E-state index in [-0.39, 0.29) is 16.6 Å². The van der Waals surface area contributed by atoms with E-state index in [0.29, 0.717) is 11.4 Å². The number of pyridine rings is 1. The number of anilines is 3. The molecule has 0 amide bonds. The molecule has 0 fully saturated rings. The Hall–Kier alpha value is -5.85. The van der Waals surface area contributed by atoms with Crippen molar-refractivity contribution in [3.8, 4) is 39.5 Å². The number of aromatic hydroxyl groups is 1. The van der Waals surface area contributed by atoms with E-state index in [1.165, 1.54) is 0 Å². The normalized spacial score (nSPS) is 12.0. The van der Waals surface area contributed by atoms with Crippen LogP contribution >= 0.6 is 11.3 Å². The number of benzene rings is 5. The number of phenols is 1. The van der Waals surface area contributed by atoms with Gasteiger partial charge in [-0.15, -0.1) is 11.3 Å². The van der Waals surface area contributed by atoms with Gasteiger partial charge in [-0.1, -0.05) is 120 Å². The molecule has 0 aliphatic rings. The molecule has 0 aliphatic heterocycles. The van der Waals surface area contributed by atoms with Crippen LogP contribution in [0.2, 0.25) is 0 Å². The van der Waals surface area contributed by atoms with Gasteiger partial charge in [-0.05, 0) is 82.1 Å². The lowest BCUT2D eigenvalue weighted by atomic mass is 9.79. The predicted molar refractivity (Wildman–Crippen MR) is 223 cm³/mol. The number of hydrogen-bond acceptors (Lipinski definition) is 6. The fraction of sp³-hybridized carbons (Fsp3) is 0.170. The van der Waals surface area contributed by atoms with Crippen molar-refractivity contribution >= 4 is 48.8 Å². The number of phenolic OH excluding ortho intramolecular Hbond substituents is 1. The van der Waals surface area contributed by atoms with Crippen LogP contribution in [0.1, 0.15) is 52.7 Å². The summed E-state index contributed by atoms with van der Waals surface area (Å²) in [6.07, 6.45) is 1.83. The number of fused-ring (bicyclic) bond motifs is 3. The molecule has 5 nitrogen and oxygen atoms in total. The Morgan fingerprint density at radius 2 is 1.28 bits per heavy atom. The summed E-state index contributed by atoms with van der Waals surface area (Å²) in [6.45, 7) is 13.0. The maximum Gasteiger partial charge on any atom is 0.164 e. The molecule has 8 rings (SSSR count). The van der Waals surface area contributed by atoms with Crippen LogP contribution in [0.4, 0.5) is 17.2 Å². The minimum absolute atomic E-state index is 0.157. The molecule has 0 aliphatic carbocycles. The van der Waals surface area contributed by atoms with Crippen LogP contribution in [0.15, 0.2) is 140 Å². The average Bonchev–Trinajstić information content (AvgIpc) is 3.53. The highest BCUT2D eigenvalue weighted by Crippen LogP contribution is 2.46. The van der Waals surface area contributed by atoms with Crippen molar-refractivity contribution < 1.29 is 5.11 Å². The Kier molecular flexibility index (Phi) is 8.58. The summed E-state index contributed by atoms with van der Waals surface area (Å²) >= 11 is 1.70. The molecule has 0 saturated carbocycles. The zero-order chi connectivity index (χ0) is 36.9. The van der Waals surface area contributed by atoms with Crippen molar-refractivity contribution in [3.05, 3.63) is 151 Å². The number of rotatable bonds is 6. The van der Waals surface area contributed by atoms with E-state index < -0.39 is 0 Å². The first kappa shape index (κ1) is 34.2. The van der Waals surface area contributed by atoms with Gasteiger partial charge < -0.3 is 5.11 Å². The second-order valence-electron chi connectivity index (χ2n) is 15.6. The third-order valence-electron chi connectivity index (χ3n) is 9.69. The van der Waals surface area contributed by atoms with Gasteiger partial charge in [0.1, 0.15) is 11.6 Å². The maximum atomic E-state index is 12.0. The highest BCUT2D eigenvalue weighted by atomic mass is 32.1. The van der Waals surface area contributed by atoms with Gasteiger partial charge in [0, 0.05) is 38.8 Å². The SMILES string of the molecule is CC(C)(C)c1cc(-c2nc(-c3cc(-c4ccccc4)cc(N(c4ccccc4)c4ccccn4)c3)c3sc4ccccc4c3n2)c(O)c(C(C)(C)C)c1. The fourth-order valence-electron chi connectivity index (χ4n) is 6.87. The Morgan fingerprint density at radius 1 is 0.604 bits per heavy atom. The average molecular weight is 711 g/mol. The van der Waals surface area contributed by atoms with Gasteiger partial charge in [0.15, 0.2) is 5.82 Å². The van der Waals surface area contributed by atoms with Crippen LogP contribution in [0, 0.1) is 0 Å². The monoisotopic (exact) mass is 710 g/mol. The fourth-order valence-corrected chi connectivity index (χ4v) is 8.02. The molecule has 53 heavy (non-hydrogen) atoms. The molecule has 6 heteroatoms. The van der Waals surface area contributed by atoms with Crippen molar-refractivity contribution in [2.24, 2.45) is 0 Å². The topological polar surface area (TPSA) is 62.1 Å². The van der Waals surface area contributed by atoms with Crippen molar-refractivity contribution in [2.45, 2.75) is 52.4 Å². The van der Waals surface area contributed by atoms with E-state index in [1.807, 2.05) is 36.5 Å². The van der Waals surface area contributed by atoms with Crippen LogP contribution in [-0.4, -0.2) is 20.1 Å². The van der Waals surface area contributed by atoms with Gasteiger partial charge in [0.25, 0.3) is 0 Å². The van der Waals surface area contributed by atoms with E-state index in [2.05, 4.69) is 150 Å². The van der Waals surface area contributed by atoms with E-state index in [1.54, 1.807) is 11.3 Å². The van der Waals surface area contributed by atoms with Crippen LogP contribution < -0.4 is 4.90 Å². The van der Waals surface area contributed by atoms with E-state index >= 15 is 0 Å². The highest BCUT2D eigenvalue weighted by molar-refractivity contribution is 7.26. The molecule has 262 valence electrons. The van der Waals surface area contributed by atoms with E-state index in [0.717, 1.165) is 71.0 Å². The van der Waals surface area contributed by atoms with Crippen molar-refractivity contribution in [1.29, 1.82) is 0 Å². The summed E-state index contributed by atoms with van der Waals surface area (Å²) in [5.41, 5.74) is 8.92. The summed E-state index contributed by atoms with van der Waals surface area (Å²) in [7, 11) is 0. The van der Waals surface area contributed by atoms with Gasteiger partial charge in [0.2, 0.25) is 0 Å². The molecule has 3 heterocycles. The minimum atomic E-state index is -0.298. The Balaban J connectivity index is 1.46. The summed E-state index contributed by atoms with van der Waals surface area (Å²) in [4.78, 5) is 17.7. The van der Waals surface area contributed by atoms with Crippen molar-refractivity contribution in [1.82, 2.24) is 15.0 Å². The van der Waals surface area contributed by atoms with Crippen LogP contribution in [0.25, 0.3) is 54.1 Å². The summed E-state index contributed by atoms with van der Waals surface area (Å²) < 4.78 is 2.13. The largest absolute Gasteiger partial charge is 0.507 e. The molecule has 0 radical (unpaired) electrons. The molecular formula is C47H42N4OS. The molecular weight excluding hydrogens is 669 g/mol. The van der Waals surface area contributed by atoms with Gasteiger partial charge in [-0.3, -0.25) is 4.90 Å². The molecule has 8 aromatic rings. The Labute approximate surface area is 315 Å².